The fourth-order valence-electron chi connectivity index (χ4n) is 1.35. The molecule has 0 saturated carbocycles. The number of thioether (sulfide) groups is 1. The molecule has 0 amide bonds. The fraction of sp³-hybridized carbons (Fsp3) is 0.538. The molecule has 0 radical (unpaired) electrons. The highest BCUT2D eigenvalue weighted by atomic mass is 32.2. The van der Waals surface area contributed by atoms with Crippen LogP contribution in [-0.4, -0.2) is 12.3 Å². The summed E-state index contributed by atoms with van der Waals surface area (Å²) in [6.45, 7) is 6.71. The molecule has 1 aromatic rings. The van der Waals surface area contributed by atoms with Gasteiger partial charge in [0.2, 0.25) is 0 Å². The van der Waals surface area contributed by atoms with Gasteiger partial charge in [-0.3, -0.25) is 0 Å². The Morgan fingerprint density at radius 1 is 1.27 bits per heavy atom. The highest BCUT2D eigenvalue weighted by molar-refractivity contribution is 7.97. The van der Waals surface area contributed by atoms with Crippen molar-refractivity contribution < 1.29 is 0 Å². The number of benzene rings is 1. The zero-order valence-corrected chi connectivity index (χ0v) is 10.9. The van der Waals surface area contributed by atoms with Crippen LogP contribution in [0.1, 0.15) is 26.3 Å². The Morgan fingerprint density at radius 3 is 2.60 bits per heavy atom. The number of nitrogens with one attached hydrogen (secondary N) is 1. The quantitative estimate of drug-likeness (QED) is 0.809. The summed E-state index contributed by atoms with van der Waals surface area (Å²) in [4.78, 5) is 0. The predicted octanol–water partition coefficient (Wildman–Crippen LogP) is 4.01. The van der Waals surface area contributed by atoms with E-state index in [9.17, 15) is 0 Å². The molecule has 1 atom stereocenters. The van der Waals surface area contributed by atoms with Crippen LogP contribution in [0.3, 0.4) is 0 Å². The molecule has 0 aromatic heterocycles. The Kier molecular flexibility index (Phi) is 5.03. The van der Waals surface area contributed by atoms with Gasteiger partial charge < -0.3 is 5.32 Å². The molecule has 0 bridgehead atoms. The Balaban J connectivity index is 2.64. The summed E-state index contributed by atoms with van der Waals surface area (Å²) in [5.41, 5.74) is 2.63. The lowest BCUT2D eigenvalue weighted by Crippen LogP contribution is -2.21. The fourth-order valence-corrected chi connectivity index (χ4v) is 1.86. The zero-order valence-electron chi connectivity index (χ0n) is 10.1. The van der Waals surface area contributed by atoms with Gasteiger partial charge in [-0.2, -0.15) is 11.8 Å². The third-order valence-electron chi connectivity index (χ3n) is 2.63. The van der Waals surface area contributed by atoms with Crippen molar-refractivity contribution in [1.29, 1.82) is 0 Å². The number of hydrogen-bond acceptors (Lipinski definition) is 2. The van der Waals surface area contributed by atoms with Gasteiger partial charge in [0.15, 0.2) is 0 Å². The normalized spacial score (nSPS) is 12.9. The Morgan fingerprint density at radius 2 is 2.00 bits per heavy atom. The van der Waals surface area contributed by atoms with Crippen molar-refractivity contribution in [3.8, 4) is 0 Å². The second kappa shape index (κ2) is 6.06. The average molecular weight is 223 g/mol. The van der Waals surface area contributed by atoms with Crippen molar-refractivity contribution in [2.24, 2.45) is 5.92 Å². The molecular formula is C13H21NS. The van der Waals surface area contributed by atoms with Crippen molar-refractivity contribution in [2.45, 2.75) is 32.6 Å². The molecule has 0 aliphatic heterocycles. The SMILES string of the molecule is CSCc1cccc(NC(C)C(C)C)c1. The second-order valence-electron chi connectivity index (χ2n) is 4.31. The molecule has 1 nitrogen and oxygen atoms in total. The van der Waals surface area contributed by atoms with Gasteiger partial charge in [-0.15, -0.1) is 0 Å². The summed E-state index contributed by atoms with van der Waals surface area (Å²) in [6, 6.07) is 9.22. The van der Waals surface area contributed by atoms with Crippen molar-refractivity contribution >= 4 is 17.4 Å². The minimum atomic E-state index is 0.523. The van der Waals surface area contributed by atoms with E-state index in [1.165, 1.54) is 11.3 Å². The third-order valence-corrected chi connectivity index (χ3v) is 3.25. The van der Waals surface area contributed by atoms with Crippen LogP contribution in [0.2, 0.25) is 0 Å². The van der Waals surface area contributed by atoms with E-state index in [4.69, 9.17) is 0 Å². The first-order valence-corrected chi connectivity index (χ1v) is 6.87. The Labute approximate surface area is 97.7 Å². The second-order valence-corrected chi connectivity index (χ2v) is 5.18. The van der Waals surface area contributed by atoms with Crippen LogP contribution < -0.4 is 5.32 Å². The molecule has 0 fully saturated rings. The van der Waals surface area contributed by atoms with Crippen molar-refractivity contribution in [2.75, 3.05) is 11.6 Å². The molecule has 84 valence electrons. The van der Waals surface area contributed by atoms with Gasteiger partial charge >= 0.3 is 0 Å². The lowest BCUT2D eigenvalue weighted by Gasteiger charge is -2.19. The van der Waals surface area contributed by atoms with Crippen LogP contribution in [0.25, 0.3) is 0 Å². The lowest BCUT2D eigenvalue weighted by molar-refractivity contribution is 0.560. The summed E-state index contributed by atoms with van der Waals surface area (Å²) >= 11 is 1.86. The smallest absolute Gasteiger partial charge is 0.0345 e. The van der Waals surface area contributed by atoms with Crippen LogP contribution in [0.4, 0.5) is 5.69 Å². The van der Waals surface area contributed by atoms with Crippen molar-refractivity contribution in [3.63, 3.8) is 0 Å². The van der Waals surface area contributed by atoms with Crippen molar-refractivity contribution in [1.82, 2.24) is 0 Å². The highest BCUT2D eigenvalue weighted by Crippen LogP contribution is 2.17. The summed E-state index contributed by atoms with van der Waals surface area (Å²) in [7, 11) is 0. The maximum Gasteiger partial charge on any atom is 0.0345 e. The monoisotopic (exact) mass is 223 g/mol. The minimum Gasteiger partial charge on any atom is -0.382 e. The molecule has 0 spiro atoms. The van der Waals surface area contributed by atoms with E-state index in [0.717, 1.165) is 5.75 Å². The van der Waals surface area contributed by atoms with E-state index in [1.807, 2.05) is 11.8 Å². The van der Waals surface area contributed by atoms with E-state index in [2.05, 4.69) is 56.6 Å². The molecule has 0 aliphatic rings. The number of rotatable bonds is 5. The maximum atomic E-state index is 3.53. The van der Waals surface area contributed by atoms with Crippen LogP contribution >= 0.6 is 11.8 Å². The molecule has 15 heavy (non-hydrogen) atoms. The van der Waals surface area contributed by atoms with Gasteiger partial charge in [0.1, 0.15) is 0 Å². The summed E-state index contributed by atoms with van der Waals surface area (Å²) in [6.07, 6.45) is 2.14. The first kappa shape index (κ1) is 12.4. The summed E-state index contributed by atoms with van der Waals surface area (Å²) in [5.74, 6) is 1.75. The van der Waals surface area contributed by atoms with E-state index < -0.39 is 0 Å². The summed E-state index contributed by atoms with van der Waals surface area (Å²) in [5, 5.41) is 3.53. The average Bonchev–Trinajstić information content (AvgIpc) is 2.18. The molecule has 0 saturated heterocycles. The molecule has 1 N–H and O–H groups in total. The molecule has 1 aromatic carbocycles. The largest absolute Gasteiger partial charge is 0.382 e. The molecule has 0 aliphatic carbocycles. The topological polar surface area (TPSA) is 12.0 Å². The first-order valence-electron chi connectivity index (χ1n) is 5.48. The maximum absolute atomic E-state index is 3.53. The lowest BCUT2D eigenvalue weighted by atomic mass is 10.1. The van der Waals surface area contributed by atoms with Gasteiger partial charge in [-0.1, -0.05) is 26.0 Å². The van der Waals surface area contributed by atoms with Gasteiger partial charge in [0.05, 0.1) is 0 Å². The molecule has 1 unspecified atom stereocenters. The summed E-state index contributed by atoms with van der Waals surface area (Å²) < 4.78 is 0. The Hall–Kier alpha value is -0.630. The van der Waals surface area contributed by atoms with Crippen LogP contribution in [0.15, 0.2) is 24.3 Å². The minimum absolute atomic E-state index is 0.523. The van der Waals surface area contributed by atoms with Gasteiger partial charge in [-0.25, -0.2) is 0 Å². The van der Waals surface area contributed by atoms with E-state index >= 15 is 0 Å². The standard InChI is InChI=1S/C13H21NS/c1-10(2)11(3)14-13-7-5-6-12(8-13)9-15-4/h5-8,10-11,14H,9H2,1-4H3. The van der Waals surface area contributed by atoms with Gasteiger partial charge in [-0.05, 0) is 36.8 Å². The first-order chi connectivity index (χ1) is 7.13. The van der Waals surface area contributed by atoms with Crippen LogP contribution in [-0.2, 0) is 5.75 Å². The zero-order chi connectivity index (χ0) is 11.3. The van der Waals surface area contributed by atoms with Gasteiger partial charge in [0, 0.05) is 17.5 Å². The predicted molar refractivity (Wildman–Crippen MR) is 71.6 cm³/mol. The molecule has 2 heteroatoms. The Bertz CT molecular complexity index is 296. The third kappa shape index (κ3) is 4.17. The van der Waals surface area contributed by atoms with Crippen LogP contribution in [0.5, 0.6) is 0 Å². The number of anilines is 1. The van der Waals surface area contributed by atoms with E-state index in [0.29, 0.717) is 12.0 Å². The van der Waals surface area contributed by atoms with E-state index in [1.54, 1.807) is 0 Å². The van der Waals surface area contributed by atoms with Crippen LogP contribution in [0, 0.1) is 5.92 Å². The van der Waals surface area contributed by atoms with E-state index in [-0.39, 0.29) is 0 Å². The van der Waals surface area contributed by atoms with Gasteiger partial charge in [0.25, 0.3) is 0 Å². The molecule has 1 rings (SSSR count). The number of hydrogen-bond donors (Lipinski definition) is 1. The molecular weight excluding hydrogens is 202 g/mol. The molecule has 0 heterocycles. The highest BCUT2D eigenvalue weighted by Gasteiger charge is 2.06. The van der Waals surface area contributed by atoms with Crippen molar-refractivity contribution in [3.05, 3.63) is 29.8 Å².